The van der Waals surface area contributed by atoms with Crippen molar-refractivity contribution in [1.29, 1.82) is 0 Å². The zero-order valence-electron chi connectivity index (χ0n) is 17.9. The molecule has 0 saturated carbocycles. The van der Waals surface area contributed by atoms with Crippen molar-refractivity contribution >= 4 is 23.6 Å². The average molecular weight is 431 g/mol. The molecule has 162 valence electrons. The average Bonchev–Trinajstić information content (AvgIpc) is 2.75. The van der Waals surface area contributed by atoms with Crippen LogP contribution in [-0.4, -0.2) is 34.6 Å². The van der Waals surface area contributed by atoms with Crippen LogP contribution in [0.5, 0.6) is 0 Å². The third-order valence-corrected chi connectivity index (χ3v) is 5.98. The molecule has 4 nitrogen and oxygen atoms in total. The molecule has 6 heteroatoms. The molecule has 0 radical (unpaired) electrons. The van der Waals surface area contributed by atoms with Crippen molar-refractivity contribution in [3.8, 4) is 0 Å². The van der Waals surface area contributed by atoms with E-state index in [0.717, 1.165) is 17.5 Å². The third-order valence-electron chi connectivity index (χ3n) is 4.99. The maximum Gasteiger partial charge on any atom is 0.243 e. The van der Waals surface area contributed by atoms with Gasteiger partial charge < -0.3 is 10.2 Å². The summed E-state index contributed by atoms with van der Waals surface area (Å²) in [6.07, 6.45) is 1.38. The largest absolute Gasteiger partial charge is 0.352 e. The van der Waals surface area contributed by atoms with E-state index in [9.17, 15) is 14.0 Å². The molecule has 0 bridgehead atoms. The normalized spacial score (nSPS) is 12.8. The first kappa shape index (κ1) is 23.9. The lowest BCUT2D eigenvalue weighted by atomic mass is 10.1. The number of nitrogens with one attached hydrogen (secondary N) is 1. The van der Waals surface area contributed by atoms with Crippen LogP contribution in [0.1, 0.15) is 44.7 Å². The first-order valence-electron chi connectivity index (χ1n) is 10.4. The minimum atomic E-state index is -0.516. The molecule has 2 aromatic rings. The van der Waals surface area contributed by atoms with Gasteiger partial charge in [-0.3, -0.25) is 9.59 Å². The van der Waals surface area contributed by atoms with E-state index in [-0.39, 0.29) is 29.4 Å². The summed E-state index contributed by atoms with van der Waals surface area (Å²) in [6.45, 7) is 6.30. The molecule has 0 aliphatic heterocycles. The van der Waals surface area contributed by atoms with E-state index < -0.39 is 6.04 Å². The molecule has 1 N–H and O–H groups in total. The van der Waals surface area contributed by atoms with E-state index in [1.807, 2.05) is 51.1 Å². The minimum absolute atomic E-state index is 0.0630. The number of halogens is 1. The fourth-order valence-corrected chi connectivity index (χ4v) is 3.93. The Labute approximate surface area is 183 Å². The van der Waals surface area contributed by atoms with Crippen LogP contribution in [0, 0.1) is 5.82 Å². The van der Waals surface area contributed by atoms with Gasteiger partial charge in [-0.05, 0) is 43.0 Å². The van der Waals surface area contributed by atoms with Gasteiger partial charge in [0.15, 0.2) is 0 Å². The standard InChI is InChI=1S/C24H31FN2O2S/c1-4-18(3)26-24(29)22(5-2)27(15-19-9-7-6-8-10-19)23(28)17-30-16-20-11-13-21(25)14-12-20/h6-14,18,22H,4-5,15-17H2,1-3H3,(H,26,29). The van der Waals surface area contributed by atoms with E-state index in [2.05, 4.69) is 5.32 Å². The van der Waals surface area contributed by atoms with Crippen LogP contribution >= 0.6 is 11.8 Å². The SMILES string of the molecule is CCC(C)NC(=O)C(CC)N(Cc1ccccc1)C(=O)CSCc1ccc(F)cc1. The Bertz CT molecular complexity index is 799. The Morgan fingerprint density at radius 1 is 1.00 bits per heavy atom. The second-order valence-electron chi connectivity index (χ2n) is 7.37. The molecule has 2 amide bonds. The van der Waals surface area contributed by atoms with Gasteiger partial charge in [-0.15, -0.1) is 11.8 Å². The van der Waals surface area contributed by atoms with Gasteiger partial charge >= 0.3 is 0 Å². The van der Waals surface area contributed by atoms with Crippen molar-refractivity contribution in [1.82, 2.24) is 10.2 Å². The number of carbonyl (C=O) groups is 2. The number of thioether (sulfide) groups is 1. The highest BCUT2D eigenvalue weighted by molar-refractivity contribution is 7.99. The Hall–Kier alpha value is -2.34. The van der Waals surface area contributed by atoms with Crippen LogP contribution in [0.3, 0.4) is 0 Å². The monoisotopic (exact) mass is 430 g/mol. The first-order chi connectivity index (χ1) is 14.4. The number of carbonyl (C=O) groups excluding carboxylic acids is 2. The molecule has 2 atom stereocenters. The van der Waals surface area contributed by atoms with Crippen molar-refractivity contribution in [3.63, 3.8) is 0 Å². The van der Waals surface area contributed by atoms with Gasteiger partial charge in [0.2, 0.25) is 11.8 Å². The van der Waals surface area contributed by atoms with Crippen LogP contribution in [0.25, 0.3) is 0 Å². The van der Waals surface area contributed by atoms with Gasteiger partial charge in [0.1, 0.15) is 11.9 Å². The van der Waals surface area contributed by atoms with Crippen LogP contribution in [0.15, 0.2) is 54.6 Å². The Morgan fingerprint density at radius 3 is 2.27 bits per heavy atom. The Morgan fingerprint density at radius 2 is 1.67 bits per heavy atom. The fourth-order valence-electron chi connectivity index (χ4n) is 3.06. The van der Waals surface area contributed by atoms with E-state index in [1.165, 1.54) is 23.9 Å². The van der Waals surface area contributed by atoms with Crippen LogP contribution in [-0.2, 0) is 21.9 Å². The second-order valence-corrected chi connectivity index (χ2v) is 8.35. The molecule has 2 aromatic carbocycles. The summed E-state index contributed by atoms with van der Waals surface area (Å²) in [5.41, 5.74) is 1.95. The van der Waals surface area contributed by atoms with Gasteiger partial charge in [0.25, 0.3) is 0 Å². The molecule has 0 fully saturated rings. The van der Waals surface area contributed by atoms with Gasteiger partial charge in [-0.25, -0.2) is 4.39 Å². The lowest BCUT2D eigenvalue weighted by Gasteiger charge is -2.31. The third kappa shape index (κ3) is 7.48. The predicted molar refractivity (Wildman–Crippen MR) is 122 cm³/mol. The summed E-state index contributed by atoms with van der Waals surface area (Å²) in [5.74, 6) is 0.419. The van der Waals surface area contributed by atoms with Gasteiger partial charge in [0, 0.05) is 18.3 Å². The minimum Gasteiger partial charge on any atom is -0.352 e. The molecule has 0 saturated heterocycles. The molecule has 2 rings (SSSR count). The van der Waals surface area contributed by atoms with Crippen molar-refractivity contribution in [2.75, 3.05) is 5.75 Å². The maximum absolute atomic E-state index is 13.1. The lowest BCUT2D eigenvalue weighted by molar-refractivity contribution is -0.139. The number of amides is 2. The summed E-state index contributed by atoms with van der Waals surface area (Å²) in [4.78, 5) is 27.7. The molecule has 0 aliphatic rings. The van der Waals surface area contributed by atoms with Crippen molar-refractivity contribution < 1.29 is 14.0 Å². The van der Waals surface area contributed by atoms with E-state index in [1.54, 1.807) is 17.0 Å². The number of hydrogen-bond donors (Lipinski definition) is 1. The van der Waals surface area contributed by atoms with Crippen LogP contribution < -0.4 is 5.32 Å². The fraction of sp³-hybridized carbons (Fsp3) is 0.417. The second kappa shape index (κ2) is 12.4. The van der Waals surface area contributed by atoms with Crippen molar-refractivity contribution in [2.24, 2.45) is 0 Å². The molecular weight excluding hydrogens is 399 g/mol. The van der Waals surface area contributed by atoms with E-state index in [0.29, 0.717) is 18.7 Å². The molecule has 0 aromatic heterocycles. The molecular formula is C24H31FN2O2S. The number of nitrogens with zero attached hydrogens (tertiary/aromatic N) is 1. The highest BCUT2D eigenvalue weighted by Crippen LogP contribution is 2.17. The lowest BCUT2D eigenvalue weighted by Crippen LogP contribution is -2.51. The zero-order valence-corrected chi connectivity index (χ0v) is 18.8. The van der Waals surface area contributed by atoms with Crippen molar-refractivity contribution in [3.05, 3.63) is 71.5 Å². The number of benzene rings is 2. The van der Waals surface area contributed by atoms with Crippen LogP contribution in [0.2, 0.25) is 0 Å². The smallest absolute Gasteiger partial charge is 0.243 e. The molecule has 2 unspecified atom stereocenters. The highest BCUT2D eigenvalue weighted by atomic mass is 32.2. The van der Waals surface area contributed by atoms with E-state index in [4.69, 9.17) is 0 Å². The predicted octanol–water partition coefficient (Wildman–Crippen LogP) is 4.78. The highest BCUT2D eigenvalue weighted by Gasteiger charge is 2.29. The number of hydrogen-bond acceptors (Lipinski definition) is 3. The summed E-state index contributed by atoms with van der Waals surface area (Å²) >= 11 is 1.47. The first-order valence-corrected chi connectivity index (χ1v) is 11.6. The van der Waals surface area contributed by atoms with E-state index >= 15 is 0 Å². The van der Waals surface area contributed by atoms with Gasteiger partial charge in [-0.1, -0.05) is 56.3 Å². The molecule has 30 heavy (non-hydrogen) atoms. The molecule has 0 heterocycles. The summed E-state index contributed by atoms with van der Waals surface area (Å²) in [5, 5.41) is 3.01. The summed E-state index contributed by atoms with van der Waals surface area (Å²) in [7, 11) is 0. The van der Waals surface area contributed by atoms with Crippen LogP contribution in [0.4, 0.5) is 4.39 Å². The maximum atomic E-state index is 13.1. The van der Waals surface area contributed by atoms with Gasteiger partial charge in [0.05, 0.1) is 5.75 Å². The van der Waals surface area contributed by atoms with Crippen molar-refractivity contribution in [2.45, 2.75) is 58.0 Å². The summed E-state index contributed by atoms with van der Waals surface area (Å²) < 4.78 is 13.1. The zero-order chi connectivity index (χ0) is 21.9. The Kier molecular flexibility index (Phi) is 9.87. The van der Waals surface area contributed by atoms with Gasteiger partial charge in [-0.2, -0.15) is 0 Å². The summed E-state index contributed by atoms with van der Waals surface area (Å²) in [6, 6.07) is 15.6. The number of rotatable bonds is 11. The topological polar surface area (TPSA) is 49.4 Å². The molecule has 0 spiro atoms. The molecule has 0 aliphatic carbocycles. The quantitative estimate of drug-likeness (QED) is 0.558. The Balaban J connectivity index is 2.09.